The zero-order chi connectivity index (χ0) is 17.2. The highest BCUT2D eigenvalue weighted by Crippen LogP contribution is 2.26. The normalized spacial score (nSPS) is 14.8. The summed E-state index contributed by atoms with van der Waals surface area (Å²) < 4.78 is 15.7. The van der Waals surface area contributed by atoms with Gasteiger partial charge in [0.1, 0.15) is 6.10 Å². The minimum atomic E-state index is -1.03. The van der Waals surface area contributed by atoms with Gasteiger partial charge < -0.3 is 24.2 Å². The van der Waals surface area contributed by atoms with Crippen LogP contribution in [0.2, 0.25) is 0 Å². The molecule has 0 radical (unpaired) electrons. The van der Waals surface area contributed by atoms with E-state index in [4.69, 9.17) is 14.2 Å². The van der Waals surface area contributed by atoms with E-state index in [0.29, 0.717) is 6.61 Å². The zero-order valence-corrected chi connectivity index (χ0v) is 14.2. The lowest BCUT2D eigenvalue weighted by molar-refractivity contribution is -0.142. The van der Waals surface area contributed by atoms with Gasteiger partial charge in [-0.1, -0.05) is 12.1 Å². The van der Waals surface area contributed by atoms with Gasteiger partial charge in [0.2, 0.25) is 0 Å². The summed E-state index contributed by atoms with van der Waals surface area (Å²) in [5, 5.41) is 18.6. The van der Waals surface area contributed by atoms with Crippen molar-refractivity contribution < 1.29 is 19.3 Å². The average Bonchev–Trinajstić information content (AvgIpc) is 2.56. The molecule has 0 spiro atoms. The lowest BCUT2D eigenvalue weighted by Gasteiger charge is -2.25. The predicted molar refractivity (Wildman–Crippen MR) is 88.1 cm³/mol. The predicted octanol–water partition coefficient (Wildman–Crippen LogP) is 2.09. The maximum absolute atomic E-state index is 9.33. The van der Waals surface area contributed by atoms with Crippen molar-refractivity contribution in [1.82, 2.24) is 0 Å². The third kappa shape index (κ3) is 5.81. The monoisotopic (exact) mass is 322 g/mol. The molecule has 0 heterocycles. The number of rotatable bonds is 10. The summed E-state index contributed by atoms with van der Waals surface area (Å²) in [5.74, 6) is 0. The summed E-state index contributed by atoms with van der Waals surface area (Å²) in [7, 11) is 3.20. The molecule has 0 amide bonds. The van der Waals surface area contributed by atoms with Gasteiger partial charge in [0.05, 0.1) is 12.7 Å². The lowest BCUT2D eigenvalue weighted by Crippen LogP contribution is -2.27. The summed E-state index contributed by atoms with van der Waals surface area (Å²) >= 11 is 0. The van der Waals surface area contributed by atoms with Gasteiger partial charge in [-0.25, -0.2) is 0 Å². The molecule has 0 aliphatic rings. The van der Waals surface area contributed by atoms with Crippen molar-refractivity contribution in [3.05, 3.63) is 29.8 Å². The number of aliphatic hydroxyl groups excluding tert-OH is 1. The molecule has 0 aliphatic carbocycles. The van der Waals surface area contributed by atoms with Gasteiger partial charge in [0.15, 0.2) is 12.4 Å². The van der Waals surface area contributed by atoms with Gasteiger partial charge in [-0.3, -0.25) is 0 Å². The number of benzene rings is 1. The van der Waals surface area contributed by atoms with Gasteiger partial charge in [0.25, 0.3) is 0 Å². The van der Waals surface area contributed by atoms with Crippen LogP contribution in [0.15, 0.2) is 24.3 Å². The van der Waals surface area contributed by atoms with Crippen molar-refractivity contribution in [2.24, 2.45) is 0 Å². The first-order valence-corrected chi connectivity index (χ1v) is 7.67. The Morgan fingerprint density at radius 1 is 1.26 bits per heavy atom. The Kier molecular flexibility index (Phi) is 8.59. The van der Waals surface area contributed by atoms with Crippen molar-refractivity contribution in [1.29, 1.82) is 5.26 Å². The highest BCUT2D eigenvalue weighted by Gasteiger charge is 2.25. The summed E-state index contributed by atoms with van der Waals surface area (Å²) in [6, 6.07) is 9.81. The van der Waals surface area contributed by atoms with E-state index in [2.05, 4.69) is 11.8 Å². The number of nitrogens with zero attached hydrogens (tertiary/aromatic N) is 2. The largest absolute Gasteiger partial charge is 0.383 e. The number of nitriles is 1. The molecular weight excluding hydrogens is 296 g/mol. The first-order chi connectivity index (χ1) is 11.1. The molecule has 6 heteroatoms. The fourth-order valence-electron chi connectivity index (χ4n) is 2.36. The molecule has 0 aromatic heterocycles. The van der Waals surface area contributed by atoms with E-state index in [9.17, 15) is 10.4 Å². The van der Waals surface area contributed by atoms with Gasteiger partial charge >= 0.3 is 0 Å². The van der Waals surface area contributed by atoms with Crippen LogP contribution in [0.5, 0.6) is 0 Å². The van der Waals surface area contributed by atoms with Crippen LogP contribution in [-0.4, -0.2) is 51.4 Å². The average molecular weight is 322 g/mol. The molecule has 3 unspecified atom stereocenters. The van der Waals surface area contributed by atoms with Crippen molar-refractivity contribution in [3.8, 4) is 6.07 Å². The van der Waals surface area contributed by atoms with Crippen LogP contribution in [0, 0.1) is 11.3 Å². The SMILES string of the molecule is CCN(CCOC)c1ccc(C(OC)C(C#N)OC(C)O)cc1. The molecule has 1 rings (SSSR count). The van der Waals surface area contributed by atoms with Crippen LogP contribution in [0.3, 0.4) is 0 Å². The van der Waals surface area contributed by atoms with Gasteiger partial charge in [0, 0.05) is 33.0 Å². The maximum Gasteiger partial charge on any atom is 0.177 e. The van der Waals surface area contributed by atoms with Crippen LogP contribution >= 0.6 is 0 Å². The highest BCUT2D eigenvalue weighted by atomic mass is 16.6. The topological polar surface area (TPSA) is 75.0 Å². The van der Waals surface area contributed by atoms with E-state index in [1.54, 1.807) is 7.11 Å². The Balaban J connectivity index is 2.89. The second-order valence-electron chi connectivity index (χ2n) is 5.11. The van der Waals surface area contributed by atoms with E-state index in [1.165, 1.54) is 14.0 Å². The number of anilines is 1. The third-order valence-electron chi connectivity index (χ3n) is 3.53. The van der Waals surface area contributed by atoms with Crippen molar-refractivity contribution in [2.75, 3.05) is 38.8 Å². The number of hydrogen-bond donors (Lipinski definition) is 1. The molecule has 1 N–H and O–H groups in total. The number of methoxy groups -OCH3 is 2. The molecular formula is C17H26N2O4. The highest BCUT2D eigenvalue weighted by molar-refractivity contribution is 5.48. The van der Waals surface area contributed by atoms with Crippen LogP contribution in [0.25, 0.3) is 0 Å². The van der Waals surface area contributed by atoms with Gasteiger partial charge in [-0.05, 0) is 31.5 Å². The van der Waals surface area contributed by atoms with Crippen molar-refractivity contribution in [3.63, 3.8) is 0 Å². The molecule has 23 heavy (non-hydrogen) atoms. The first kappa shape index (κ1) is 19.4. The minimum Gasteiger partial charge on any atom is -0.383 e. The van der Waals surface area contributed by atoms with E-state index < -0.39 is 18.5 Å². The maximum atomic E-state index is 9.33. The van der Waals surface area contributed by atoms with E-state index in [1.807, 2.05) is 30.3 Å². The smallest absolute Gasteiger partial charge is 0.177 e. The zero-order valence-electron chi connectivity index (χ0n) is 14.2. The second-order valence-corrected chi connectivity index (χ2v) is 5.11. The number of aliphatic hydroxyl groups is 1. The summed E-state index contributed by atoms with van der Waals surface area (Å²) in [5.41, 5.74) is 1.90. The molecule has 1 aromatic rings. The van der Waals surface area contributed by atoms with Crippen LogP contribution < -0.4 is 4.90 Å². The first-order valence-electron chi connectivity index (χ1n) is 7.67. The summed E-state index contributed by atoms with van der Waals surface area (Å²) in [6.45, 7) is 5.90. The summed E-state index contributed by atoms with van der Waals surface area (Å²) in [6.07, 6.45) is -2.46. The summed E-state index contributed by atoms with van der Waals surface area (Å²) in [4.78, 5) is 2.20. The number of ether oxygens (including phenoxy) is 3. The van der Waals surface area contributed by atoms with Crippen LogP contribution in [0.4, 0.5) is 5.69 Å². The Bertz CT molecular complexity index is 484. The van der Waals surface area contributed by atoms with Crippen molar-refractivity contribution in [2.45, 2.75) is 32.3 Å². The lowest BCUT2D eigenvalue weighted by atomic mass is 10.0. The van der Waals surface area contributed by atoms with E-state index in [-0.39, 0.29) is 0 Å². The Morgan fingerprint density at radius 3 is 2.35 bits per heavy atom. The van der Waals surface area contributed by atoms with Crippen LogP contribution in [-0.2, 0) is 14.2 Å². The molecule has 1 aromatic carbocycles. The molecule has 0 saturated carbocycles. The molecule has 0 fully saturated rings. The number of hydrogen-bond acceptors (Lipinski definition) is 6. The quantitative estimate of drug-likeness (QED) is 0.665. The number of likely N-dealkylation sites (N-methyl/N-ethyl adjacent to an activating group) is 1. The fraction of sp³-hybridized carbons (Fsp3) is 0.588. The molecule has 6 nitrogen and oxygen atoms in total. The second kappa shape index (κ2) is 10.2. The standard InChI is InChI=1S/C17H26N2O4/c1-5-19(10-11-21-3)15-8-6-14(7-9-15)17(22-4)16(12-18)23-13(2)20/h6-9,13,16-17,20H,5,10-11H2,1-4H3. The molecule has 3 atom stereocenters. The Hall–Kier alpha value is -1.65. The minimum absolute atomic E-state index is 0.558. The third-order valence-corrected chi connectivity index (χ3v) is 3.53. The van der Waals surface area contributed by atoms with Gasteiger partial charge in [-0.2, -0.15) is 5.26 Å². The molecule has 128 valence electrons. The van der Waals surface area contributed by atoms with Crippen molar-refractivity contribution >= 4 is 5.69 Å². The molecule has 0 saturated heterocycles. The Labute approximate surface area is 138 Å². The van der Waals surface area contributed by atoms with E-state index in [0.717, 1.165) is 24.3 Å². The Morgan fingerprint density at radius 2 is 1.91 bits per heavy atom. The van der Waals surface area contributed by atoms with E-state index >= 15 is 0 Å². The van der Waals surface area contributed by atoms with Gasteiger partial charge in [-0.15, -0.1) is 0 Å². The molecule has 0 aliphatic heterocycles. The fourth-order valence-corrected chi connectivity index (χ4v) is 2.36. The van der Waals surface area contributed by atoms with Crippen LogP contribution in [0.1, 0.15) is 25.5 Å². The molecule has 0 bridgehead atoms.